The third kappa shape index (κ3) is 4.52. The zero-order valence-corrected chi connectivity index (χ0v) is 17.8. The number of rotatable bonds is 8. The van der Waals surface area contributed by atoms with Gasteiger partial charge in [-0.2, -0.15) is 0 Å². The smallest absolute Gasteiger partial charge is 0.287 e. The highest BCUT2D eigenvalue weighted by molar-refractivity contribution is 5.91. The zero-order chi connectivity index (χ0) is 20.4. The number of nitrogens with one attached hydrogen (secondary N) is 1. The lowest BCUT2D eigenvalue weighted by atomic mass is 9.84. The van der Waals surface area contributed by atoms with Gasteiger partial charge in [-0.25, -0.2) is 0 Å². The van der Waals surface area contributed by atoms with Crippen molar-refractivity contribution in [3.8, 4) is 5.75 Å². The van der Waals surface area contributed by atoms with E-state index in [1.165, 1.54) is 31.2 Å². The van der Waals surface area contributed by atoms with Crippen molar-refractivity contribution in [2.45, 2.75) is 71.4 Å². The minimum Gasteiger partial charge on any atom is -0.486 e. The molecule has 2 aliphatic carbocycles. The Morgan fingerprint density at radius 3 is 2.59 bits per heavy atom. The SMILES string of the molecule is CCC(C)c1ccc(OCc2ccc(C(=O)NC(C)C3CC4CCC3C4)o2)cc1. The fourth-order valence-electron chi connectivity index (χ4n) is 5.15. The average molecular weight is 396 g/mol. The number of hydrogen-bond donors (Lipinski definition) is 1. The van der Waals surface area contributed by atoms with E-state index in [0.29, 0.717) is 30.0 Å². The summed E-state index contributed by atoms with van der Waals surface area (Å²) in [6.45, 7) is 6.87. The van der Waals surface area contributed by atoms with Gasteiger partial charge in [0.15, 0.2) is 5.76 Å². The Labute approximate surface area is 174 Å². The summed E-state index contributed by atoms with van der Waals surface area (Å²) in [6.07, 6.45) is 6.45. The Morgan fingerprint density at radius 1 is 1.14 bits per heavy atom. The molecule has 1 aromatic heterocycles. The van der Waals surface area contributed by atoms with Gasteiger partial charge in [-0.15, -0.1) is 0 Å². The second kappa shape index (κ2) is 8.64. The van der Waals surface area contributed by atoms with E-state index in [1.807, 2.05) is 18.2 Å². The largest absolute Gasteiger partial charge is 0.486 e. The lowest BCUT2D eigenvalue weighted by molar-refractivity contribution is 0.0883. The van der Waals surface area contributed by atoms with Crippen LogP contribution in [-0.4, -0.2) is 11.9 Å². The first kappa shape index (κ1) is 20.1. The Hall–Kier alpha value is -2.23. The van der Waals surface area contributed by atoms with Crippen LogP contribution in [0.1, 0.15) is 80.7 Å². The van der Waals surface area contributed by atoms with Crippen LogP contribution in [0.3, 0.4) is 0 Å². The third-order valence-corrected chi connectivity index (χ3v) is 7.12. The van der Waals surface area contributed by atoms with Crippen molar-refractivity contribution in [3.63, 3.8) is 0 Å². The van der Waals surface area contributed by atoms with Crippen molar-refractivity contribution in [2.24, 2.45) is 17.8 Å². The van der Waals surface area contributed by atoms with Crippen LogP contribution < -0.4 is 10.1 Å². The summed E-state index contributed by atoms with van der Waals surface area (Å²) in [4.78, 5) is 12.6. The van der Waals surface area contributed by atoms with Crippen molar-refractivity contribution >= 4 is 5.91 Å². The highest BCUT2D eigenvalue weighted by Crippen LogP contribution is 2.49. The molecule has 0 spiro atoms. The van der Waals surface area contributed by atoms with Crippen molar-refractivity contribution < 1.29 is 13.9 Å². The summed E-state index contributed by atoms with van der Waals surface area (Å²) in [7, 11) is 0. The van der Waals surface area contributed by atoms with Crippen LogP contribution in [-0.2, 0) is 6.61 Å². The van der Waals surface area contributed by atoms with Crippen LogP contribution in [0, 0.1) is 17.8 Å². The molecule has 2 bridgehead atoms. The maximum atomic E-state index is 12.6. The second-order valence-electron chi connectivity index (χ2n) is 9.03. The van der Waals surface area contributed by atoms with Crippen LogP contribution in [0.15, 0.2) is 40.8 Å². The normalized spacial score (nSPS) is 25.0. The molecule has 1 amide bonds. The van der Waals surface area contributed by atoms with Gasteiger partial charge in [0, 0.05) is 6.04 Å². The molecule has 2 aliphatic rings. The Bertz CT molecular complexity index is 825. The molecule has 4 nitrogen and oxygen atoms in total. The summed E-state index contributed by atoms with van der Waals surface area (Å²) >= 11 is 0. The summed E-state index contributed by atoms with van der Waals surface area (Å²) in [5.41, 5.74) is 1.32. The number of amides is 1. The molecule has 1 heterocycles. The first-order valence-corrected chi connectivity index (χ1v) is 11.2. The van der Waals surface area contributed by atoms with Crippen molar-refractivity contribution in [3.05, 3.63) is 53.5 Å². The van der Waals surface area contributed by atoms with Crippen LogP contribution in [0.5, 0.6) is 5.75 Å². The molecule has 2 saturated carbocycles. The maximum absolute atomic E-state index is 12.6. The molecule has 2 aromatic rings. The van der Waals surface area contributed by atoms with Crippen LogP contribution >= 0.6 is 0 Å². The van der Waals surface area contributed by atoms with E-state index in [9.17, 15) is 4.79 Å². The van der Waals surface area contributed by atoms with Gasteiger partial charge in [0.1, 0.15) is 18.1 Å². The van der Waals surface area contributed by atoms with Gasteiger partial charge < -0.3 is 14.5 Å². The minimum atomic E-state index is -0.121. The van der Waals surface area contributed by atoms with Gasteiger partial charge in [0.2, 0.25) is 0 Å². The predicted molar refractivity (Wildman–Crippen MR) is 114 cm³/mol. The number of carbonyl (C=O) groups is 1. The molecule has 29 heavy (non-hydrogen) atoms. The zero-order valence-electron chi connectivity index (χ0n) is 17.8. The van der Waals surface area contributed by atoms with Crippen molar-refractivity contribution in [1.82, 2.24) is 5.32 Å². The minimum absolute atomic E-state index is 0.121. The Kier molecular flexibility index (Phi) is 5.98. The quantitative estimate of drug-likeness (QED) is 0.603. The standard InChI is InChI=1S/C25H33NO3/c1-4-16(2)19-7-9-21(10-8-19)28-15-22-11-12-24(29-22)25(27)26-17(3)23-14-18-5-6-20(23)13-18/h7-12,16-18,20,23H,4-6,13-15H2,1-3H3,(H,26,27). The molecule has 5 unspecified atom stereocenters. The molecule has 0 aliphatic heterocycles. The van der Waals surface area contributed by atoms with Crippen molar-refractivity contribution in [1.29, 1.82) is 0 Å². The predicted octanol–water partition coefficient (Wildman–Crippen LogP) is 5.93. The van der Waals surface area contributed by atoms with Gasteiger partial charge in [0.05, 0.1) is 0 Å². The Morgan fingerprint density at radius 2 is 1.93 bits per heavy atom. The number of furan rings is 1. The molecule has 1 aromatic carbocycles. The van der Waals surface area contributed by atoms with Gasteiger partial charge in [-0.05, 0) is 86.1 Å². The fraction of sp³-hybridized carbons (Fsp3) is 0.560. The topological polar surface area (TPSA) is 51.5 Å². The first-order valence-electron chi connectivity index (χ1n) is 11.2. The number of benzene rings is 1. The molecular weight excluding hydrogens is 362 g/mol. The van der Waals surface area contributed by atoms with E-state index in [2.05, 4.69) is 38.2 Å². The van der Waals surface area contributed by atoms with E-state index in [1.54, 1.807) is 6.07 Å². The molecule has 2 fully saturated rings. The van der Waals surface area contributed by atoms with Crippen LogP contribution in [0.25, 0.3) is 0 Å². The summed E-state index contributed by atoms with van der Waals surface area (Å²) < 4.78 is 11.6. The first-order chi connectivity index (χ1) is 14.0. The Balaban J connectivity index is 1.28. The number of ether oxygens (including phenoxy) is 1. The molecule has 5 atom stereocenters. The van der Waals surface area contributed by atoms with E-state index in [4.69, 9.17) is 9.15 Å². The molecule has 4 heteroatoms. The van der Waals surface area contributed by atoms with Crippen molar-refractivity contribution in [2.75, 3.05) is 0 Å². The van der Waals surface area contributed by atoms with E-state index in [0.717, 1.165) is 24.0 Å². The maximum Gasteiger partial charge on any atom is 0.287 e. The molecular formula is C25H33NO3. The number of fused-ring (bicyclic) bond motifs is 2. The number of carbonyl (C=O) groups excluding carboxylic acids is 1. The van der Waals surface area contributed by atoms with E-state index in [-0.39, 0.29) is 11.9 Å². The molecule has 1 N–H and O–H groups in total. The third-order valence-electron chi connectivity index (χ3n) is 7.12. The molecule has 0 radical (unpaired) electrons. The van der Waals surface area contributed by atoms with Gasteiger partial charge in [0.25, 0.3) is 5.91 Å². The molecule has 0 saturated heterocycles. The van der Waals surface area contributed by atoms with Gasteiger partial charge in [-0.1, -0.05) is 32.4 Å². The monoisotopic (exact) mass is 395 g/mol. The summed E-state index contributed by atoms with van der Waals surface area (Å²) in [6, 6.07) is 12.0. The summed E-state index contributed by atoms with van der Waals surface area (Å²) in [5.74, 6) is 4.57. The van der Waals surface area contributed by atoms with Crippen LogP contribution in [0.4, 0.5) is 0 Å². The van der Waals surface area contributed by atoms with Gasteiger partial charge in [-0.3, -0.25) is 4.79 Å². The average Bonchev–Trinajstić information content (AvgIpc) is 3.49. The van der Waals surface area contributed by atoms with E-state index >= 15 is 0 Å². The highest BCUT2D eigenvalue weighted by atomic mass is 16.5. The lowest BCUT2D eigenvalue weighted by Gasteiger charge is -2.28. The molecule has 4 rings (SSSR count). The second-order valence-corrected chi connectivity index (χ2v) is 9.03. The van der Waals surface area contributed by atoms with Crippen LogP contribution in [0.2, 0.25) is 0 Å². The van der Waals surface area contributed by atoms with E-state index < -0.39 is 0 Å². The summed E-state index contributed by atoms with van der Waals surface area (Å²) in [5, 5.41) is 3.16. The fourth-order valence-corrected chi connectivity index (χ4v) is 5.15. The van der Waals surface area contributed by atoms with Gasteiger partial charge >= 0.3 is 0 Å². The lowest BCUT2D eigenvalue weighted by Crippen LogP contribution is -2.40. The molecule has 156 valence electrons. The highest BCUT2D eigenvalue weighted by Gasteiger charge is 2.42. The number of hydrogen-bond acceptors (Lipinski definition) is 3.